The number of aliphatic hydroxyl groups excluding tert-OH is 1. The third kappa shape index (κ3) is 6.62. The van der Waals surface area contributed by atoms with E-state index in [4.69, 9.17) is 5.11 Å². The largest absolute Gasteiger partial charge is 0.395 e. The third-order valence-corrected chi connectivity index (χ3v) is 1.59. The Morgan fingerprint density at radius 1 is 1.50 bits per heavy atom. The highest BCUT2D eigenvalue weighted by molar-refractivity contribution is 8.68. The van der Waals surface area contributed by atoms with Crippen LogP contribution in [-0.4, -0.2) is 30.6 Å². The van der Waals surface area contributed by atoms with E-state index in [0.29, 0.717) is 6.54 Å². The maximum absolute atomic E-state index is 8.28. The predicted molar refractivity (Wildman–Crippen MR) is 41.4 cm³/mol. The minimum Gasteiger partial charge on any atom is -0.395 e. The van der Waals surface area contributed by atoms with Gasteiger partial charge in [-0.2, -0.15) is 0 Å². The third-order valence-electron chi connectivity index (χ3n) is 0.659. The van der Waals surface area contributed by atoms with Crippen molar-refractivity contribution in [2.75, 3.05) is 25.4 Å². The molecule has 0 aliphatic heterocycles. The second-order valence-electron chi connectivity index (χ2n) is 1.31. The standard InChI is InChI=1S/C4H11NOS2/c6-3-1-5-2-4-8-7/h5-7H,1-4H2. The molecule has 0 saturated heterocycles. The van der Waals surface area contributed by atoms with Gasteiger partial charge >= 0.3 is 0 Å². The van der Waals surface area contributed by atoms with Crippen LogP contribution in [0, 0.1) is 0 Å². The Balaban J connectivity index is 2.53. The van der Waals surface area contributed by atoms with E-state index in [9.17, 15) is 0 Å². The summed E-state index contributed by atoms with van der Waals surface area (Å²) in [4.78, 5) is 0. The molecule has 0 heterocycles. The first-order chi connectivity index (χ1) is 3.91. The van der Waals surface area contributed by atoms with Gasteiger partial charge in [0, 0.05) is 18.8 Å². The molecule has 0 bridgehead atoms. The zero-order chi connectivity index (χ0) is 6.24. The number of hydrogen-bond acceptors (Lipinski definition) is 4. The van der Waals surface area contributed by atoms with Crippen LogP contribution in [0.25, 0.3) is 0 Å². The first-order valence-corrected chi connectivity index (χ1v) is 4.53. The highest BCUT2D eigenvalue weighted by atomic mass is 33.1. The maximum atomic E-state index is 8.28. The van der Waals surface area contributed by atoms with Gasteiger partial charge in [0.15, 0.2) is 0 Å². The Bertz CT molecular complexity index is 39.0. The average Bonchev–Trinajstić information content (AvgIpc) is 1.81. The fourth-order valence-electron chi connectivity index (χ4n) is 0.322. The Labute approximate surface area is 58.9 Å². The lowest BCUT2D eigenvalue weighted by Crippen LogP contribution is -2.20. The summed E-state index contributed by atoms with van der Waals surface area (Å²) in [5, 5.41) is 11.3. The summed E-state index contributed by atoms with van der Waals surface area (Å²) in [6, 6.07) is 0. The van der Waals surface area contributed by atoms with Gasteiger partial charge in [-0.25, -0.2) is 0 Å². The topological polar surface area (TPSA) is 32.3 Å². The molecule has 2 N–H and O–H groups in total. The molecule has 0 aliphatic rings. The van der Waals surface area contributed by atoms with Gasteiger partial charge in [-0.1, -0.05) is 10.8 Å². The van der Waals surface area contributed by atoms with Crippen LogP contribution in [0.5, 0.6) is 0 Å². The van der Waals surface area contributed by atoms with Crippen molar-refractivity contribution in [1.29, 1.82) is 0 Å². The number of nitrogens with one attached hydrogen (secondary N) is 1. The second-order valence-corrected chi connectivity index (χ2v) is 2.75. The smallest absolute Gasteiger partial charge is 0.0555 e. The maximum Gasteiger partial charge on any atom is 0.0555 e. The van der Waals surface area contributed by atoms with Crippen LogP contribution in [0.2, 0.25) is 0 Å². The lowest BCUT2D eigenvalue weighted by molar-refractivity contribution is 0.294. The van der Waals surface area contributed by atoms with E-state index in [1.165, 1.54) is 10.8 Å². The first kappa shape index (κ1) is 8.62. The Morgan fingerprint density at radius 2 is 2.25 bits per heavy atom. The SMILES string of the molecule is OCCNCCSS. The van der Waals surface area contributed by atoms with E-state index in [0.717, 1.165) is 12.3 Å². The van der Waals surface area contributed by atoms with Crippen molar-refractivity contribution in [2.24, 2.45) is 0 Å². The number of rotatable bonds is 5. The molecule has 50 valence electrons. The number of hydrogen-bond donors (Lipinski definition) is 3. The molecule has 0 saturated carbocycles. The Hall–Kier alpha value is 0.620. The highest BCUT2D eigenvalue weighted by Gasteiger charge is 1.81. The number of thiol groups is 1. The fraction of sp³-hybridized carbons (Fsp3) is 1.00. The molecule has 0 aliphatic carbocycles. The molecule has 0 amide bonds. The summed E-state index contributed by atoms with van der Waals surface area (Å²) in [5.41, 5.74) is 0. The predicted octanol–water partition coefficient (Wildman–Crippen LogP) is 0.146. The van der Waals surface area contributed by atoms with Gasteiger partial charge in [-0.05, 0) is 0 Å². The van der Waals surface area contributed by atoms with Crippen LogP contribution in [0.1, 0.15) is 0 Å². The van der Waals surface area contributed by atoms with Crippen LogP contribution in [0.4, 0.5) is 0 Å². The van der Waals surface area contributed by atoms with Gasteiger partial charge < -0.3 is 10.4 Å². The first-order valence-electron chi connectivity index (χ1n) is 2.49. The molecule has 0 radical (unpaired) electrons. The second kappa shape index (κ2) is 7.62. The van der Waals surface area contributed by atoms with Crippen molar-refractivity contribution in [3.8, 4) is 0 Å². The highest BCUT2D eigenvalue weighted by Crippen LogP contribution is 2.00. The Morgan fingerprint density at radius 3 is 2.75 bits per heavy atom. The van der Waals surface area contributed by atoms with Gasteiger partial charge in [0.2, 0.25) is 0 Å². The molecule has 0 spiro atoms. The molecule has 0 unspecified atom stereocenters. The normalized spacial score (nSPS) is 9.75. The average molecular weight is 153 g/mol. The summed E-state index contributed by atoms with van der Waals surface area (Å²) < 4.78 is 0. The molecule has 8 heavy (non-hydrogen) atoms. The van der Waals surface area contributed by atoms with Crippen molar-refractivity contribution < 1.29 is 5.11 Å². The minimum atomic E-state index is 0.219. The van der Waals surface area contributed by atoms with Gasteiger partial charge in [-0.3, -0.25) is 0 Å². The van der Waals surface area contributed by atoms with Crippen LogP contribution in [-0.2, 0) is 0 Å². The molecule has 0 atom stereocenters. The van der Waals surface area contributed by atoms with Crippen molar-refractivity contribution in [1.82, 2.24) is 5.32 Å². The quantitative estimate of drug-likeness (QED) is 0.298. The monoisotopic (exact) mass is 153 g/mol. The van der Waals surface area contributed by atoms with Crippen molar-refractivity contribution in [3.05, 3.63) is 0 Å². The summed E-state index contributed by atoms with van der Waals surface area (Å²) in [5.74, 6) is 0.989. The van der Waals surface area contributed by atoms with Crippen molar-refractivity contribution in [2.45, 2.75) is 0 Å². The van der Waals surface area contributed by atoms with Crippen LogP contribution < -0.4 is 5.32 Å². The van der Waals surface area contributed by atoms with Gasteiger partial charge in [-0.15, -0.1) is 11.7 Å². The summed E-state index contributed by atoms with van der Waals surface area (Å²) in [6.45, 7) is 1.83. The van der Waals surface area contributed by atoms with E-state index in [1.807, 2.05) is 0 Å². The van der Waals surface area contributed by atoms with E-state index in [-0.39, 0.29) is 6.61 Å². The van der Waals surface area contributed by atoms with Crippen LogP contribution in [0.15, 0.2) is 0 Å². The van der Waals surface area contributed by atoms with E-state index in [2.05, 4.69) is 17.0 Å². The minimum absolute atomic E-state index is 0.219. The Kier molecular flexibility index (Phi) is 8.21. The molecule has 0 aromatic heterocycles. The van der Waals surface area contributed by atoms with Crippen LogP contribution >= 0.6 is 22.5 Å². The van der Waals surface area contributed by atoms with Crippen molar-refractivity contribution in [3.63, 3.8) is 0 Å². The zero-order valence-corrected chi connectivity index (χ0v) is 6.34. The lowest BCUT2D eigenvalue weighted by atomic mass is 10.6. The summed E-state index contributed by atoms with van der Waals surface area (Å²) >= 11 is 3.94. The molecule has 0 rings (SSSR count). The van der Waals surface area contributed by atoms with Gasteiger partial charge in [0.25, 0.3) is 0 Å². The van der Waals surface area contributed by atoms with Crippen molar-refractivity contribution >= 4 is 22.5 Å². The molecular weight excluding hydrogens is 142 g/mol. The lowest BCUT2D eigenvalue weighted by Gasteiger charge is -1.97. The van der Waals surface area contributed by atoms with Gasteiger partial charge in [0.1, 0.15) is 0 Å². The molecular formula is C4H11NOS2. The fourth-order valence-corrected chi connectivity index (χ4v) is 0.831. The summed E-state index contributed by atoms with van der Waals surface area (Å²) in [7, 11) is 1.50. The number of aliphatic hydroxyl groups is 1. The van der Waals surface area contributed by atoms with E-state index >= 15 is 0 Å². The van der Waals surface area contributed by atoms with Gasteiger partial charge in [0.05, 0.1) is 6.61 Å². The molecule has 0 aromatic carbocycles. The zero-order valence-electron chi connectivity index (χ0n) is 4.63. The summed E-state index contributed by atoms with van der Waals surface area (Å²) in [6.07, 6.45) is 0. The molecule has 0 fully saturated rings. The molecule has 2 nitrogen and oxygen atoms in total. The molecule has 0 aromatic rings. The molecule has 4 heteroatoms. The van der Waals surface area contributed by atoms with E-state index in [1.54, 1.807) is 0 Å². The van der Waals surface area contributed by atoms with Crippen LogP contribution in [0.3, 0.4) is 0 Å². The van der Waals surface area contributed by atoms with E-state index < -0.39 is 0 Å².